The minimum atomic E-state index is -3.67. The van der Waals surface area contributed by atoms with Gasteiger partial charge in [-0.2, -0.15) is 0 Å². The zero-order valence-electron chi connectivity index (χ0n) is 25.9. The van der Waals surface area contributed by atoms with E-state index in [0.717, 1.165) is 88.7 Å². The van der Waals surface area contributed by atoms with E-state index in [1.165, 1.54) is 0 Å². The Kier molecular flexibility index (Phi) is 4.61. The number of para-hydroxylation sites is 12. The highest BCUT2D eigenvalue weighted by atomic mass is 28.3. The second-order valence-electron chi connectivity index (χ2n) is 12.8. The van der Waals surface area contributed by atoms with Gasteiger partial charge < -0.3 is 0 Å². The van der Waals surface area contributed by atoms with E-state index in [2.05, 4.69) is 164 Å². The SMILES string of the molecule is c1ccc2c(c1)-n1c(nc3ccccc31)[Si]1(c3nc4ccccc4n3-2)c2nc3ccccc3n2-c2ccccc2-n2c1nc1ccccc12. The fraction of sp³-hybridized carbons (Fsp3) is 0. The van der Waals surface area contributed by atoms with Crippen molar-refractivity contribution >= 4 is 74.0 Å². The molecule has 49 heavy (non-hydrogen) atoms. The Hall–Kier alpha value is -6.58. The van der Waals surface area contributed by atoms with E-state index in [1.54, 1.807) is 0 Å². The van der Waals surface area contributed by atoms with E-state index in [1.807, 2.05) is 0 Å². The fourth-order valence-electron chi connectivity index (χ4n) is 8.37. The van der Waals surface area contributed by atoms with Gasteiger partial charge in [0.1, 0.15) is 21.8 Å². The molecule has 4 aromatic heterocycles. The Morgan fingerprint density at radius 2 is 0.510 bits per heavy atom. The van der Waals surface area contributed by atoms with Gasteiger partial charge in [0.25, 0.3) is 0 Å². The smallest absolute Gasteiger partial charge is 0.297 e. The molecule has 0 bridgehead atoms. The van der Waals surface area contributed by atoms with Crippen molar-refractivity contribution in [3.63, 3.8) is 0 Å². The van der Waals surface area contributed by atoms with Crippen LogP contribution in [0.3, 0.4) is 0 Å². The molecule has 0 N–H and O–H groups in total. The van der Waals surface area contributed by atoms with E-state index in [0.29, 0.717) is 0 Å². The molecule has 2 aliphatic heterocycles. The summed E-state index contributed by atoms with van der Waals surface area (Å²) in [5.41, 5.74) is 15.8. The summed E-state index contributed by atoms with van der Waals surface area (Å²) in [5, 5.41) is 0. The maximum absolute atomic E-state index is 5.67. The van der Waals surface area contributed by atoms with Crippen molar-refractivity contribution in [1.29, 1.82) is 0 Å². The zero-order valence-corrected chi connectivity index (χ0v) is 26.9. The summed E-state index contributed by atoms with van der Waals surface area (Å²) in [4.78, 5) is 22.7. The zero-order chi connectivity index (χ0) is 31.8. The predicted molar refractivity (Wildman–Crippen MR) is 196 cm³/mol. The van der Waals surface area contributed by atoms with Crippen molar-refractivity contribution in [3.8, 4) is 22.7 Å². The Labute approximate surface area is 279 Å². The molecule has 8 nitrogen and oxygen atoms in total. The van der Waals surface area contributed by atoms with E-state index in [9.17, 15) is 0 Å². The summed E-state index contributed by atoms with van der Waals surface area (Å²) < 4.78 is 9.51. The first kappa shape index (κ1) is 25.5. The number of nitrogens with zero attached hydrogens (tertiary/aromatic N) is 8. The molecule has 6 aromatic carbocycles. The monoisotopic (exact) mass is 644 g/mol. The normalized spacial score (nSPS) is 13.9. The van der Waals surface area contributed by atoms with Gasteiger partial charge >= 0.3 is 8.07 Å². The first-order valence-corrected chi connectivity index (χ1v) is 18.4. The molecule has 9 heteroatoms. The van der Waals surface area contributed by atoms with Crippen LogP contribution in [0, 0.1) is 0 Å². The molecule has 12 rings (SSSR count). The first-order chi connectivity index (χ1) is 24.3. The van der Waals surface area contributed by atoms with E-state index >= 15 is 0 Å². The molecule has 0 amide bonds. The van der Waals surface area contributed by atoms with Gasteiger partial charge in [-0.05, 0) is 72.8 Å². The van der Waals surface area contributed by atoms with Gasteiger partial charge in [-0.3, -0.25) is 18.3 Å². The first-order valence-electron chi connectivity index (χ1n) is 16.4. The minimum absolute atomic E-state index is 0.927. The molecule has 2 aliphatic rings. The third-order valence-electron chi connectivity index (χ3n) is 10.3. The Morgan fingerprint density at radius 3 is 0.776 bits per heavy atom. The molecule has 10 aromatic rings. The van der Waals surface area contributed by atoms with E-state index in [4.69, 9.17) is 19.9 Å². The third kappa shape index (κ3) is 2.96. The predicted octanol–water partition coefficient (Wildman–Crippen LogP) is 5.05. The Morgan fingerprint density at radius 1 is 0.286 bits per heavy atom. The van der Waals surface area contributed by atoms with Crippen molar-refractivity contribution < 1.29 is 0 Å². The fourth-order valence-corrected chi connectivity index (χ4v) is 13.0. The van der Waals surface area contributed by atoms with Gasteiger partial charge in [-0.1, -0.05) is 72.8 Å². The minimum Gasteiger partial charge on any atom is -0.297 e. The lowest BCUT2D eigenvalue weighted by atomic mass is 10.2. The van der Waals surface area contributed by atoms with Gasteiger partial charge in [-0.25, -0.2) is 19.9 Å². The Bertz CT molecular complexity index is 2620. The second-order valence-corrected chi connectivity index (χ2v) is 16.1. The highest BCUT2D eigenvalue weighted by molar-refractivity contribution is 7.17. The van der Waals surface area contributed by atoms with Gasteiger partial charge in [0.15, 0.2) is 0 Å². The molecule has 0 atom stereocenters. The number of imidazole rings is 4. The Balaban J connectivity index is 1.44. The number of aromatic nitrogens is 8. The van der Waals surface area contributed by atoms with Crippen LogP contribution in [0.4, 0.5) is 0 Å². The molecule has 1 spiro atoms. The number of rotatable bonds is 0. The summed E-state index contributed by atoms with van der Waals surface area (Å²) in [6.45, 7) is 0. The number of hydrogen-bond acceptors (Lipinski definition) is 4. The molecular formula is C40H24N8Si. The van der Waals surface area contributed by atoms with Crippen LogP contribution in [0.15, 0.2) is 146 Å². The van der Waals surface area contributed by atoms with Crippen molar-refractivity contribution in [1.82, 2.24) is 38.2 Å². The summed E-state index contributed by atoms with van der Waals surface area (Å²) in [7, 11) is -3.67. The molecule has 0 unspecified atom stereocenters. The maximum Gasteiger partial charge on any atom is 0.346 e. The molecule has 0 saturated heterocycles. The standard InChI is InChI=1S/C40H24N8Si/c1-5-17-29-25(13-1)41-37-45(29)33-21-9-10-22-34(33)46-30-18-6-2-14-26(30)42-38(46)49(37)39-43-27-15-3-7-19-31(27)47(39)35-23-11-12-24-36(35)48-32-20-8-4-16-28(32)44-40(48)49/h1-24H. The molecular weight excluding hydrogens is 621 g/mol. The summed E-state index contributed by atoms with van der Waals surface area (Å²) in [6.07, 6.45) is 0. The topological polar surface area (TPSA) is 71.3 Å². The van der Waals surface area contributed by atoms with Crippen LogP contribution in [0.1, 0.15) is 0 Å². The lowest BCUT2D eigenvalue weighted by Gasteiger charge is -2.27. The summed E-state index contributed by atoms with van der Waals surface area (Å²) >= 11 is 0. The van der Waals surface area contributed by atoms with Gasteiger partial charge in [0.2, 0.25) is 0 Å². The van der Waals surface area contributed by atoms with Crippen LogP contribution in [0.5, 0.6) is 0 Å². The van der Waals surface area contributed by atoms with Gasteiger partial charge in [0.05, 0.1) is 66.9 Å². The highest BCUT2D eigenvalue weighted by Gasteiger charge is 2.60. The summed E-state index contributed by atoms with van der Waals surface area (Å²) in [6, 6.07) is 51.1. The lowest BCUT2D eigenvalue weighted by Crippen LogP contribution is -2.81. The van der Waals surface area contributed by atoms with Gasteiger partial charge in [-0.15, -0.1) is 0 Å². The van der Waals surface area contributed by atoms with Crippen molar-refractivity contribution in [2.45, 2.75) is 0 Å². The quantitative estimate of drug-likeness (QED) is 0.217. The molecule has 6 heterocycles. The van der Waals surface area contributed by atoms with E-state index < -0.39 is 8.07 Å². The van der Waals surface area contributed by atoms with Crippen molar-refractivity contribution in [3.05, 3.63) is 146 Å². The molecule has 0 fully saturated rings. The van der Waals surface area contributed by atoms with E-state index in [-0.39, 0.29) is 0 Å². The third-order valence-corrected chi connectivity index (χ3v) is 14.3. The molecule has 0 aliphatic carbocycles. The second kappa shape index (κ2) is 8.85. The molecule has 0 saturated carbocycles. The number of fused-ring (bicyclic) bond motifs is 22. The van der Waals surface area contributed by atoms with Crippen LogP contribution < -0.4 is 21.8 Å². The average molecular weight is 645 g/mol. The average Bonchev–Trinajstić information content (AvgIpc) is 3.91. The lowest BCUT2D eigenvalue weighted by molar-refractivity contribution is 1.08. The summed E-state index contributed by atoms with van der Waals surface area (Å²) in [5.74, 6) is 0. The maximum atomic E-state index is 5.67. The number of benzene rings is 6. The molecule has 228 valence electrons. The van der Waals surface area contributed by atoms with Crippen LogP contribution in [0.25, 0.3) is 66.9 Å². The molecule has 0 radical (unpaired) electrons. The van der Waals surface area contributed by atoms with Crippen LogP contribution in [0.2, 0.25) is 0 Å². The van der Waals surface area contributed by atoms with Crippen LogP contribution >= 0.6 is 0 Å². The highest BCUT2D eigenvalue weighted by Crippen LogP contribution is 2.35. The largest absolute Gasteiger partial charge is 0.346 e. The van der Waals surface area contributed by atoms with Crippen LogP contribution in [-0.2, 0) is 0 Å². The van der Waals surface area contributed by atoms with Crippen LogP contribution in [-0.4, -0.2) is 46.3 Å². The van der Waals surface area contributed by atoms with Crippen molar-refractivity contribution in [2.24, 2.45) is 0 Å². The van der Waals surface area contributed by atoms with Crippen molar-refractivity contribution in [2.75, 3.05) is 0 Å². The number of hydrogen-bond donors (Lipinski definition) is 0. The van der Waals surface area contributed by atoms with Gasteiger partial charge in [0, 0.05) is 0 Å².